The van der Waals surface area contributed by atoms with Crippen molar-refractivity contribution in [2.75, 3.05) is 0 Å². The number of furan rings is 1. The van der Waals surface area contributed by atoms with E-state index in [4.69, 9.17) is 19.4 Å². The van der Waals surface area contributed by atoms with Crippen molar-refractivity contribution in [1.82, 2.24) is 15.0 Å². The monoisotopic (exact) mass is 749 g/mol. The molecule has 0 bridgehead atoms. The summed E-state index contributed by atoms with van der Waals surface area (Å²) in [5.41, 5.74) is 6.67. The van der Waals surface area contributed by atoms with E-state index >= 15 is 0 Å². The van der Waals surface area contributed by atoms with Crippen LogP contribution in [0.4, 0.5) is 0 Å². The molecule has 0 amide bonds. The van der Waals surface area contributed by atoms with Gasteiger partial charge in [-0.25, -0.2) is 15.0 Å². The van der Waals surface area contributed by atoms with Gasteiger partial charge in [0.1, 0.15) is 11.2 Å². The summed E-state index contributed by atoms with van der Waals surface area (Å²) >= 11 is 0. The highest BCUT2D eigenvalue weighted by molar-refractivity contribution is 6.37. The van der Waals surface area contributed by atoms with Crippen LogP contribution in [0, 0.1) is 0 Å². The molecular weight excluding hydrogens is 719 g/mol. The Labute approximate surface area is 338 Å². The van der Waals surface area contributed by atoms with Crippen molar-refractivity contribution in [3.8, 4) is 45.3 Å². The van der Waals surface area contributed by atoms with Gasteiger partial charge in [0.25, 0.3) is 0 Å². The average Bonchev–Trinajstić information content (AvgIpc) is 3.69. The molecule has 13 aromatic rings. The molecule has 0 saturated heterocycles. The minimum atomic E-state index is 0.617. The Hall–Kier alpha value is -7.95. The van der Waals surface area contributed by atoms with Gasteiger partial charge in [-0.2, -0.15) is 0 Å². The van der Waals surface area contributed by atoms with Crippen LogP contribution in [0.1, 0.15) is 0 Å². The number of hydrogen-bond donors (Lipinski definition) is 0. The quantitative estimate of drug-likeness (QED) is 0.168. The molecule has 0 unspecified atom stereocenters. The van der Waals surface area contributed by atoms with Crippen LogP contribution in [-0.4, -0.2) is 15.0 Å². The van der Waals surface area contributed by atoms with Gasteiger partial charge < -0.3 is 4.42 Å². The molecule has 4 heteroatoms. The van der Waals surface area contributed by atoms with Crippen LogP contribution in [0.5, 0.6) is 0 Å². The van der Waals surface area contributed by atoms with E-state index in [1.807, 2.05) is 30.3 Å². The Kier molecular flexibility index (Phi) is 6.69. The van der Waals surface area contributed by atoms with Crippen molar-refractivity contribution in [2.24, 2.45) is 0 Å². The third-order valence-electron chi connectivity index (χ3n) is 12.2. The number of rotatable bonds is 4. The van der Waals surface area contributed by atoms with Gasteiger partial charge in [0.05, 0.1) is 0 Å². The molecule has 0 aliphatic carbocycles. The predicted molar refractivity (Wildman–Crippen MR) is 245 cm³/mol. The van der Waals surface area contributed by atoms with E-state index in [1.54, 1.807) is 0 Å². The van der Waals surface area contributed by atoms with Crippen molar-refractivity contribution >= 4 is 86.6 Å². The first-order valence-corrected chi connectivity index (χ1v) is 20.0. The second-order valence-corrected chi connectivity index (χ2v) is 15.5. The summed E-state index contributed by atoms with van der Waals surface area (Å²) in [6, 6.07) is 66.9. The number of benzene rings is 10. The van der Waals surface area contributed by atoms with E-state index in [0.717, 1.165) is 55.1 Å². The minimum Gasteiger partial charge on any atom is -0.455 e. The van der Waals surface area contributed by atoms with Gasteiger partial charge in [-0.15, -0.1) is 0 Å². The molecule has 0 aliphatic heterocycles. The third-order valence-corrected chi connectivity index (χ3v) is 12.2. The zero-order valence-corrected chi connectivity index (χ0v) is 31.6. The lowest BCUT2D eigenvalue weighted by atomic mass is 9.87. The first kappa shape index (κ1) is 32.2. The maximum absolute atomic E-state index is 6.39. The van der Waals surface area contributed by atoms with Crippen LogP contribution < -0.4 is 0 Å². The second-order valence-electron chi connectivity index (χ2n) is 15.5. The van der Waals surface area contributed by atoms with Crippen LogP contribution in [0.25, 0.3) is 132 Å². The van der Waals surface area contributed by atoms with Crippen molar-refractivity contribution in [2.45, 2.75) is 0 Å². The normalized spacial score (nSPS) is 12.1. The van der Waals surface area contributed by atoms with Crippen LogP contribution in [-0.2, 0) is 0 Å². The van der Waals surface area contributed by atoms with Crippen LogP contribution in [0.15, 0.2) is 192 Å². The number of nitrogens with zero attached hydrogens (tertiary/aromatic N) is 3. The predicted octanol–water partition coefficient (Wildman–Crippen LogP) is 14.8. The average molecular weight is 750 g/mol. The molecule has 0 atom stereocenters. The van der Waals surface area contributed by atoms with Crippen LogP contribution >= 0.6 is 0 Å². The highest BCUT2D eigenvalue weighted by Gasteiger charge is 2.19. The number of fused-ring (bicyclic) bond motifs is 5. The Morgan fingerprint density at radius 1 is 0.288 bits per heavy atom. The molecule has 59 heavy (non-hydrogen) atoms. The van der Waals surface area contributed by atoms with E-state index in [1.165, 1.54) is 59.2 Å². The van der Waals surface area contributed by atoms with E-state index in [9.17, 15) is 0 Å². The van der Waals surface area contributed by atoms with Gasteiger partial charge in [0, 0.05) is 33.0 Å². The molecule has 13 rings (SSSR count). The first-order chi connectivity index (χ1) is 29.2. The molecule has 11 aromatic carbocycles. The smallest absolute Gasteiger partial charge is 0.164 e. The zero-order chi connectivity index (χ0) is 38.6. The topological polar surface area (TPSA) is 51.8 Å². The molecule has 2 heterocycles. The molecule has 0 N–H and O–H groups in total. The van der Waals surface area contributed by atoms with Gasteiger partial charge in [-0.3, -0.25) is 0 Å². The Morgan fingerprint density at radius 2 is 0.763 bits per heavy atom. The highest BCUT2D eigenvalue weighted by atomic mass is 16.3. The number of aromatic nitrogens is 3. The van der Waals surface area contributed by atoms with Crippen molar-refractivity contribution < 1.29 is 4.42 Å². The van der Waals surface area contributed by atoms with Gasteiger partial charge in [-0.05, 0) is 88.4 Å². The van der Waals surface area contributed by atoms with Crippen LogP contribution in [0.2, 0.25) is 0 Å². The lowest BCUT2D eigenvalue weighted by Crippen LogP contribution is -2.00. The Bertz CT molecular complexity index is 3820. The van der Waals surface area contributed by atoms with E-state index < -0.39 is 0 Å². The van der Waals surface area contributed by atoms with Gasteiger partial charge in [0.15, 0.2) is 17.5 Å². The van der Waals surface area contributed by atoms with Crippen molar-refractivity contribution in [1.29, 1.82) is 0 Å². The molecule has 0 spiro atoms. The molecule has 0 radical (unpaired) electrons. The summed E-state index contributed by atoms with van der Waals surface area (Å²) in [5.74, 6) is 1.88. The van der Waals surface area contributed by atoms with Gasteiger partial charge in [-0.1, -0.05) is 170 Å². The van der Waals surface area contributed by atoms with E-state index in [0.29, 0.717) is 17.5 Å². The molecule has 0 saturated carbocycles. The summed E-state index contributed by atoms with van der Waals surface area (Å²) in [6.45, 7) is 0. The molecule has 2 aromatic heterocycles. The molecular formula is C55H31N3O. The summed E-state index contributed by atoms with van der Waals surface area (Å²) in [7, 11) is 0. The highest BCUT2D eigenvalue weighted by Crippen LogP contribution is 2.44. The van der Waals surface area contributed by atoms with Crippen LogP contribution in [0.3, 0.4) is 0 Å². The maximum atomic E-state index is 6.39. The molecule has 0 fully saturated rings. The zero-order valence-electron chi connectivity index (χ0n) is 31.6. The van der Waals surface area contributed by atoms with Crippen molar-refractivity contribution in [3.05, 3.63) is 188 Å². The fourth-order valence-electron chi connectivity index (χ4n) is 9.54. The Balaban J connectivity index is 1.05. The summed E-state index contributed by atoms with van der Waals surface area (Å²) < 4.78 is 6.39. The lowest BCUT2D eigenvalue weighted by molar-refractivity contribution is 0.670. The Morgan fingerprint density at radius 3 is 1.42 bits per heavy atom. The standard InChI is InChI=1S/C55H31N3O/c1-2-10-36(11-3-1)53-56-54(37-27-22-32(23-28-37)40-16-9-20-45-41-15-4-5-21-47(41)59-52(40)45)58-55(57-53)39-30-38-29-26-35-13-7-18-43-42-17-6-12-33-24-25-34-14-8-19-44(50(34)48(33)42)46(31-39)51(38)49(35)43/h1-31H. The lowest BCUT2D eigenvalue weighted by Gasteiger charge is -2.17. The minimum absolute atomic E-state index is 0.617. The third kappa shape index (κ3) is 4.81. The summed E-state index contributed by atoms with van der Waals surface area (Å²) in [5, 5.41) is 17.0. The number of para-hydroxylation sites is 2. The largest absolute Gasteiger partial charge is 0.455 e. The fourth-order valence-corrected chi connectivity index (χ4v) is 9.54. The van der Waals surface area contributed by atoms with E-state index in [2.05, 4.69) is 158 Å². The SMILES string of the molecule is c1ccc(-c2nc(-c3ccc(-c4cccc5c4oc4ccccc45)cc3)nc(-c3cc4ccc5cccc6c7cccc8ccc9cccc(c(c3)c4c56)c9c87)n2)cc1. The molecule has 272 valence electrons. The second kappa shape index (κ2) is 12.3. The molecule has 0 aliphatic rings. The summed E-state index contributed by atoms with van der Waals surface area (Å²) in [4.78, 5) is 15.6. The maximum Gasteiger partial charge on any atom is 0.164 e. The van der Waals surface area contributed by atoms with Gasteiger partial charge in [0.2, 0.25) is 0 Å². The summed E-state index contributed by atoms with van der Waals surface area (Å²) in [6.07, 6.45) is 0. The van der Waals surface area contributed by atoms with Gasteiger partial charge >= 0.3 is 0 Å². The molecule has 4 nitrogen and oxygen atoms in total. The fraction of sp³-hybridized carbons (Fsp3) is 0. The van der Waals surface area contributed by atoms with E-state index in [-0.39, 0.29) is 0 Å². The number of hydrogen-bond acceptors (Lipinski definition) is 4. The van der Waals surface area contributed by atoms with Crippen molar-refractivity contribution in [3.63, 3.8) is 0 Å². The first-order valence-electron chi connectivity index (χ1n) is 20.0.